The zero-order valence-corrected chi connectivity index (χ0v) is 17.3. The number of rotatable bonds is 4. The molecular formula is C22H19ClN4O3. The molecule has 1 aromatic carbocycles. The number of halogens is 1. The standard InChI is InChI=1S/C22H19ClN4O3/c1-11-9-16(10-26-12(2)24-25-21(11)26)27-18(13-5-7-15(23)8-6-13)17(20(29)22(27)30)19(28)14-3-4-14/h5-10,14,17-18H,3-4H2,1-2H3. The van der Waals surface area contributed by atoms with Gasteiger partial charge in [-0.3, -0.25) is 23.7 Å². The van der Waals surface area contributed by atoms with Gasteiger partial charge in [0.2, 0.25) is 5.78 Å². The predicted molar refractivity (Wildman–Crippen MR) is 110 cm³/mol. The fraction of sp³-hybridized carbons (Fsp3) is 0.318. The fourth-order valence-electron chi connectivity index (χ4n) is 4.24. The van der Waals surface area contributed by atoms with Gasteiger partial charge in [0.15, 0.2) is 5.65 Å². The minimum atomic E-state index is -1.01. The van der Waals surface area contributed by atoms with E-state index in [1.807, 2.05) is 19.9 Å². The number of fused-ring (bicyclic) bond motifs is 1. The quantitative estimate of drug-likeness (QED) is 0.476. The number of aromatic nitrogens is 3. The molecule has 30 heavy (non-hydrogen) atoms. The van der Waals surface area contributed by atoms with Crippen molar-refractivity contribution in [3.05, 3.63) is 58.5 Å². The average Bonchev–Trinajstić information content (AvgIpc) is 3.46. The molecule has 3 heterocycles. The van der Waals surface area contributed by atoms with Crippen LogP contribution in [0, 0.1) is 25.7 Å². The Morgan fingerprint density at radius 2 is 1.80 bits per heavy atom. The molecule has 8 heteroatoms. The third-order valence-corrected chi connectivity index (χ3v) is 6.18. The van der Waals surface area contributed by atoms with Crippen molar-refractivity contribution in [3.63, 3.8) is 0 Å². The normalized spacial score (nSPS) is 21.6. The average molecular weight is 423 g/mol. The zero-order valence-electron chi connectivity index (χ0n) is 16.5. The molecule has 2 aliphatic rings. The Morgan fingerprint density at radius 3 is 2.47 bits per heavy atom. The van der Waals surface area contributed by atoms with E-state index in [0.29, 0.717) is 27.7 Å². The second-order valence-corrected chi connectivity index (χ2v) is 8.45. The maximum absolute atomic E-state index is 13.1. The number of pyridine rings is 1. The molecule has 0 spiro atoms. The van der Waals surface area contributed by atoms with Crippen LogP contribution < -0.4 is 4.90 Å². The minimum absolute atomic E-state index is 0.134. The second-order valence-electron chi connectivity index (χ2n) is 8.01. The molecule has 2 aromatic heterocycles. The molecule has 3 aromatic rings. The van der Waals surface area contributed by atoms with E-state index in [1.54, 1.807) is 34.9 Å². The van der Waals surface area contributed by atoms with Gasteiger partial charge in [0, 0.05) is 17.1 Å². The number of anilines is 1. The molecule has 2 unspecified atom stereocenters. The summed E-state index contributed by atoms with van der Waals surface area (Å²) in [4.78, 5) is 40.6. The first-order chi connectivity index (χ1) is 14.4. The van der Waals surface area contributed by atoms with E-state index in [4.69, 9.17) is 11.6 Å². The summed E-state index contributed by atoms with van der Waals surface area (Å²) in [5, 5.41) is 8.79. The van der Waals surface area contributed by atoms with Crippen LogP contribution >= 0.6 is 11.6 Å². The smallest absolute Gasteiger partial charge is 0.295 e. The molecule has 0 N–H and O–H groups in total. The minimum Gasteiger partial charge on any atom is -0.298 e. The zero-order chi connectivity index (χ0) is 21.2. The van der Waals surface area contributed by atoms with E-state index < -0.39 is 23.7 Å². The summed E-state index contributed by atoms with van der Waals surface area (Å²) in [6.07, 6.45) is 3.29. The number of aryl methyl sites for hydroxylation is 2. The van der Waals surface area contributed by atoms with Crippen LogP contribution in [0.4, 0.5) is 5.69 Å². The summed E-state index contributed by atoms with van der Waals surface area (Å²) in [5.74, 6) is -1.94. The van der Waals surface area contributed by atoms with Crippen LogP contribution in [-0.2, 0) is 14.4 Å². The highest BCUT2D eigenvalue weighted by Crippen LogP contribution is 2.45. The number of amides is 1. The molecule has 1 saturated carbocycles. The molecule has 5 rings (SSSR count). The second kappa shape index (κ2) is 6.74. The topological polar surface area (TPSA) is 84.6 Å². The Bertz CT molecular complexity index is 1210. The van der Waals surface area contributed by atoms with Crippen molar-refractivity contribution in [2.75, 3.05) is 4.90 Å². The number of carbonyl (C=O) groups is 3. The molecule has 2 fully saturated rings. The van der Waals surface area contributed by atoms with Crippen molar-refractivity contribution in [2.24, 2.45) is 11.8 Å². The monoisotopic (exact) mass is 422 g/mol. The van der Waals surface area contributed by atoms with Gasteiger partial charge in [0.25, 0.3) is 5.91 Å². The summed E-state index contributed by atoms with van der Waals surface area (Å²) in [6.45, 7) is 3.69. The number of nitrogens with zero attached hydrogens (tertiary/aromatic N) is 4. The van der Waals surface area contributed by atoms with Crippen molar-refractivity contribution >= 4 is 40.4 Å². The number of Topliss-reactive ketones (excluding diaryl/α,β-unsaturated/α-hetero) is 2. The Morgan fingerprint density at radius 1 is 1.10 bits per heavy atom. The van der Waals surface area contributed by atoms with E-state index in [-0.39, 0.29) is 11.7 Å². The van der Waals surface area contributed by atoms with Crippen molar-refractivity contribution in [3.8, 4) is 0 Å². The molecule has 1 aliphatic carbocycles. The van der Waals surface area contributed by atoms with Gasteiger partial charge in [0.1, 0.15) is 17.5 Å². The van der Waals surface area contributed by atoms with Gasteiger partial charge in [-0.05, 0) is 56.0 Å². The van der Waals surface area contributed by atoms with E-state index in [0.717, 1.165) is 18.4 Å². The van der Waals surface area contributed by atoms with Crippen LogP contribution in [0.25, 0.3) is 5.65 Å². The first kappa shape index (κ1) is 18.9. The van der Waals surface area contributed by atoms with Gasteiger partial charge in [-0.1, -0.05) is 23.7 Å². The van der Waals surface area contributed by atoms with Crippen LogP contribution in [0.3, 0.4) is 0 Å². The molecule has 1 amide bonds. The Balaban J connectivity index is 1.69. The van der Waals surface area contributed by atoms with Crippen LogP contribution in [0.15, 0.2) is 36.5 Å². The third-order valence-electron chi connectivity index (χ3n) is 5.93. The molecule has 1 saturated heterocycles. The van der Waals surface area contributed by atoms with Gasteiger partial charge in [0.05, 0.1) is 11.7 Å². The lowest BCUT2D eigenvalue weighted by molar-refractivity contribution is -0.139. The highest BCUT2D eigenvalue weighted by atomic mass is 35.5. The van der Waals surface area contributed by atoms with Crippen LogP contribution in [0.1, 0.15) is 35.8 Å². The van der Waals surface area contributed by atoms with Gasteiger partial charge in [-0.15, -0.1) is 10.2 Å². The lowest BCUT2D eigenvalue weighted by Crippen LogP contribution is -2.31. The Kier molecular flexibility index (Phi) is 4.25. The summed E-state index contributed by atoms with van der Waals surface area (Å²) >= 11 is 6.05. The van der Waals surface area contributed by atoms with Gasteiger partial charge < -0.3 is 0 Å². The number of ketones is 2. The number of benzene rings is 1. The SMILES string of the molecule is Cc1cc(N2C(=O)C(=O)C(C(=O)C3CC3)C2c2ccc(Cl)cc2)cn2c(C)nnc12. The molecule has 0 bridgehead atoms. The van der Waals surface area contributed by atoms with Gasteiger partial charge in [-0.25, -0.2) is 0 Å². The van der Waals surface area contributed by atoms with Crippen molar-refractivity contribution in [2.45, 2.75) is 32.7 Å². The van der Waals surface area contributed by atoms with Crippen molar-refractivity contribution < 1.29 is 14.4 Å². The number of hydrogen-bond donors (Lipinski definition) is 0. The van der Waals surface area contributed by atoms with Crippen LogP contribution in [0.5, 0.6) is 0 Å². The number of hydrogen-bond acceptors (Lipinski definition) is 5. The largest absolute Gasteiger partial charge is 0.298 e. The Hall–Kier alpha value is -3.06. The molecule has 1 aliphatic heterocycles. The predicted octanol–water partition coefficient (Wildman–Crippen LogP) is 3.25. The molecular weight excluding hydrogens is 404 g/mol. The maximum atomic E-state index is 13.1. The van der Waals surface area contributed by atoms with Gasteiger partial charge >= 0.3 is 0 Å². The summed E-state index contributed by atoms with van der Waals surface area (Å²) in [7, 11) is 0. The highest BCUT2D eigenvalue weighted by Gasteiger charge is 2.54. The lowest BCUT2D eigenvalue weighted by Gasteiger charge is -2.27. The van der Waals surface area contributed by atoms with Crippen molar-refractivity contribution in [1.82, 2.24) is 14.6 Å². The van der Waals surface area contributed by atoms with Gasteiger partial charge in [-0.2, -0.15) is 0 Å². The van der Waals surface area contributed by atoms with Crippen LogP contribution in [-0.4, -0.2) is 32.1 Å². The summed E-state index contributed by atoms with van der Waals surface area (Å²) in [5.41, 5.74) is 2.74. The molecule has 2 atom stereocenters. The van der Waals surface area contributed by atoms with E-state index in [9.17, 15) is 14.4 Å². The van der Waals surface area contributed by atoms with Crippen molar-refractivity contribution in [1.29, 1.82) is 0 Å². The first-order valence-electron chi connectivity index (χ1n) is 9.85. The highest BCUT2D eigenvalue weighted by molar-refractivity contribution is 6.48. The number of carbonyl (C=O) groups excluding carboxylic acids is 3. The lowest BCUT2D eigenvalue weighted by atomic mass is 9.87. The maximum Gasteiger partial charge on any atom is 0.295 e. The molecule has 0 radical (unpaired) electrons. The first-order valence-corrected chi connectivity index (χ1v) is 10.2. The summed E-state index contributed by atoms with van der Waals surface area (Å²) in [6, 6.07) is 8.06. The van der Waals surface area contributed by atoms with E-state index in [1.165, 1.54) is 4.90 Å². The van der Waals surface area contributed by atoms with E-state index in [2.05, 4.69) is 10.2 Å². The fourth-order valence-corrected chi connectivity index (χ4v) is 4.36. The molecule has 152 valence electrons. The van der Waals surface area contributed by atoms with E-state index >= 15 is 0 Å². The third kappa shape index (κ3) is 2.84. The van der Waals surface area contributed by atoms with Crippen LogP contribution in [0.2, 0.25) is 5.02 Å². The molecule has 7 nitrogen and oxygen atoms in total. The Labute approximate surface area is 177 Å². The summed E-state index contributed by atoms with van der Waals surface area (Å²) < 4.78 is 1.79.